The SMILES string of the molecule is CCCCCCCC(=O)CCS(=O)(=O)ONC. The van der Waals surface area contributed by atoms with Gasteiger partial charge in [0.25, 0.3) is 10.1 Å². The predicted octanol–water partition coefficient (Wildman–Crippen LogP) is 1.79. The van der Waals surface area contributed by atoms with Crippen molar-refractivity contribution in [3.8, 4) is 0 Å². The normalized spacial score (nSPS) is 11.6. The zero-order valence-electron chi connectivity index (χ0n) is 10.7. The molecule has 0 rings (SSSR count). The lowest BCUT2D eigenvalue weighted by Gasteiger charge is -2.03. The van der Waals surface area contributed by atoms with Gasteiger partial charge in [0, 0.05) is 19.9 Å². The molecule has 0 spiro atoms. The largest absolute Gasteiger partial charge is 0.300 e. The minimum absolute atomic E-state index is 0.00947. The van der Waals surface area contributed by atoms with Crippen LogP contribution in [0.1, 0.15) is 51.9 Å². The van der Waals surface area contributed by atoms with Crippen LogP contribution >= 0.6 is 0 Å². The van der Waals surface area contributed by atoms with E-state index in [2.05, 4.69) is 16.7 Å². The lowest BCUT2D eigenvalue weighted by molar-refractivity contribution is -0.118. The number of carbonyl (C=O) groups is 1. The van der Waals surface area contributed by atoms with Gasteiger partial charge < -0.3 is 0 Å². The van der Waals surface area contributed by atoms with Crippen LogP contribution in [0, 0.1) is 0 Å². The van der Waals surface area contributed by atoms with E-state index in [4.69, 9.17) is 0 Å². The highest BCUT2D eigenvalue weighted by Crippen LogP contribution is 2.07. The fourth-order valence-electron chi connectivity index (χ4n) is 1.46. The Labute approximate surface area is 104 Å². The van der Waals surface area contributed by atoms with E-state index in [1.165, 1.54) is 19.9 Å². The number of carbonyl (C=O) groups excluding carboxylic acids is 1. The Morgan fingerprint density at radius 2 is 1.76 bits per heavy atom. The molecule has 102 valence electrons. The quantitative estimate of drug-likeness (QED) is 0.455. The van der Waals surface area contributed by atoms with E-state index < -0.39 is 10.1 Å². The molecule has 17 heavy (non-hydrogen) atoms. The van der Waals surface area contributed by atoms with Gasteiger partial charge in [-0.25, -0.2) is 0 Å². The molecule has 5 nitrogen and oxygen atoms in total. The Bertz CT molecular complexity index is 301. The number of nitrogens with one attached hydrogen (secondary N) is 1. The van der Waals surface area contributed by atoms with E-state index in [-0.39, 0.29) is 18.0 Å². The van der Waals surface area contributed by atoms with Crippen LogP contribution in [-0.2, 0) is 19.2 Å². The van der Waals surface area contributed by atoms with Crippen molar-refractivity contribution >= 4 is 15.9 Å². The number of rotatable bonds is 11. The number of ketones is 1. The summed E-state index contributed by atoms with van der Waals surface area (Å²) in [7, 11) is -2.23. The summed E-state index contributed by atoms with van der Waals surface area (Å²) < 4.78 is 26.5. The number of Topliss-reactive ketones (excluding diaryl/α,β-unsaturated/α-hetero) is 1. The molecule has 0 aliphatic rings. The Hall–Kier alpha value is -0.460. The first-order chi connectivity index (χ1) is 8.02. The number of hydrogen-bond acceptors (Lipinski definition) is 5. The van der Waals surface area contributed by atoms with E-state index in [1.807, 2.05) is 0 Å². The van der Waals surface area contributed by atoms with E-state index in [0.717, 1.165) is 19.3 Å². The molecular weight excluding hydrogens is 242 g/mol. The highest BCUT2D eigenvalue weighted by atomic mass is 32.2. The number of hydrogen-bond donors (Lipinski definition) is 1. The summed E-state index contributed by atoms with van der Waals surface area (Å²) in [5, 5.41) is 0. The molecule has 0 aromatic carbocycles. The highest BCUT2D eigenvalue weighted by molar-refractivity contribution is 7.86. The summed E-state index contributed by atoms with van der Waals surface area (Å²) in [6.07, 6.45) is 5.92. The Kier molecular flexibility index (Phi) is 9.30. The summed E-state index contributed by atoms with van der Waals surface area (Å²) >= 11 is 0. The van der Waals surface area contributed by atoms with E-state index in [1.54, 1.807) is 0 Å². The summed E-state index contributed by atoms with van der Waals surface area (Å²) in [6.45, 7) is 2.14. The van der Waals surface area contributed by atoms with Gasteiger partial charge in [0.15, 0.2) is 0 Å². The third kappa shape index (κ3) is 10.4. The fourth-order valence-corrected chi connectivity index (χ4v) is 2.27. The highest BCUT2D eigenvalue weighted by Gasteiger charge is 2.13. The average Bonchev–Trinajstić information content (AvgIpc) is 2.26. The maximum atomic E-state index is 11.4. The van der Waals surface area contributed by atoms with Crippen molar-refractivity contribution in [3.63, 3.8) is 0 Å². The molecule has 0 aromatic rings. The van der Waals surface area contributed by atoms with Crippen molar-refractivity contribution in [1.29, 1.82) is 0 Å². The molecule has 0 fully saturated rings. The monoisotopic (exact) mass is 265 g/mol. The molecule has 0 saturated carbocycles. The minimum Gasteiger partial charge on any atom is -0.300 e. The van der Waals surface area contributed by atoms with Gasteiger partial charge in [0.05, 0.1) is 5.75 Å². The Morgan fingerprint density at radius 3 is 2.35 bits per heavy atom. The zero-order chi connectivity index (χ0) is 13.1. The third-order valence-electron chi connectivity index (χ3n) is 2.40. The second-order valence-electron chi connectivity index (χ2n) is 4.00. The molecule has 1 N–H and O–H groups in total. The van der Waals surface area contributed by atoms with Gasteiger partial charge in [-0.2, -0.15) is 18.2 Å². The lowest BCUT2D eigenvalue weighted by atomic mass is 10.1. The molecule has 0 saturated heterocycles. The van der Waals surface area contributed by atoms with Crippen LogP contribution < -0.4 is 5.48 Å². The van der Waals surface area contributed by atoms with Gasteiger partial charge in [-0.05, 0) is 6.42 Å². The standard InChI is InChI=1S/C11H23NO4S/c1-3-4-5-6-7-8-11(13)9-10-17(14,15)16-12-2/h12H,3-10H2,1-2H3. The van der Waals surface area contributed by atoms with Crippen LogP contribution in [0.5, 0.6) is 0 Å². The maximum absolute atomic E-state index is 11.4. The van der Waals surface area contributed by atoms with Crippen molar-refractivity contribution in [2.75, 3.05) is 12.8 Å². The summed E-state index contributed by atoms with van der Waals surface area (Å²) in [6, 6.07) is 0. The topological polar surface area (TPSA) is 72.5 Å². The first-order valence-corrected chi connectivity index (χ1v) is 7.69. The van der Waals surface area contributed by atoms with Crippen LogP contribution in [0.25, 0.3) is 0 Å². The first-order valence-electron chi connectivity index (χ1n) is 6.11. The lowest BCUT2D eigenvalue weighted by Crippen LogP contribution is -2.20. The molecule has 6 heteroatoms. The van der Waals surface area contributed by atoms with Gasteiger partial charge in [-0.1, -0.05) is 32.6 Å². The predicted molar refractivity (Wildman–Crippen MR) is 66.9 cm³/mol. The van der Waals surface area contributed by atoms with Crippen molar-refractivity contribution in [3.05, 3.63) is 0 Å². The molecule has 0 aromatic heterocycles. The first kappa shape index (κ1) is 16.5. The third-order valence-corrected chi connectivity index (χ3v) is 3.53. The van der Waals surface area contributed by atoms with Crippen LogP contribution in [0.15, 0.2) is 0 Å². The molecular formula is C11H23NO4S. The van der Waals surface area contributed by atoms with Gasteiger partial charge in [0.1, 0.15) is 5.78 Å². The van der Waals surface area contributed by atoms with Gasteiger partial charge in [-0.15, -0.1) is 0 Å². The number of unbranched alkanes of at least 4 members (excludes halogenated alkanes) is 4. The van der Waals surface area contributed by atoms with Crippen molar-refractivity contribution in [2.45, 2.75) is 51.9 Å². The van der Waals surface area contributed by atoms with E-state index >= 15 is 0 Å². The molecule has 0 unspecified atom stereocenters. The molecule has 0 aliphatic carbocycles. The second-order valence-corrected chi connectivity index (χ2v) is 5.69. The smallest absolute Gasteiger partial charge is 0.283 e. The summed E-state index contributed by atoms with van der Waals surface area (Å²) in [4.78, 5) is 11.4. The second kappa shape index (κ2) is 9.56. The summed E-state index contributed by atoms with van der Waals surface area (Å²) in [5.41, 5.74) is 2.10. The van der Waals surface area contributed by atoms with Gasteiger partial charge >= 0.3 is 0 Å². The van der Waals surface area contributed by atoms with Crippen molar-refractivity contribution in [2.24, 2.45) is 0 Å². The van der Waals surface area contributed by atoms with Gasteiger partial charge in [-0.3, -0.25) is 4.79 Å². The Morgan fingerprint density at radius 1 is 1.12 bits per heavy atom. The molecule has 0 atom stereocenters. The average molecular weight is 265 g/mol. The van der Waals surface area contributed by atoms with E-state index in [9.17, 15) is 13.2 Å². The fraction of sp³-hybridized carbons (Fsp3) is 0.909. The zero-order valence-corrected chi connectivity index (χ0v) is 11.5. The minimum atomic E-state index is -3.60. The summed E-state index contributed by atoms with van der Waals surface area (Å²) in [5.74, 6) is -0.258. The van der Waals surface area contributed by atoms with Crippen LogP contribution in [0.2, 0.25) is 0 Å². The molecule has 0 aliphatic heterocycles. The van der Waals surface area contributed by atoms with Crippen molar-refractivity contribution in [1.82, 2.24) is 5.48 Å². The van der Waals surface area contributed by atoms with Gasteiger partial charge in [0.2, 0.25) is 0 Å². The number of hydroxylamine groups is 1. The molecule has 0 heterocycles. The van der Waals surface area contributed by atoms with Crippen LogP contribution in [-0.4, -0.2) is 27.0 Å². The van der Waals surface area contributed by atoms with Crippen LogP contribution in [0.4, 0.5) is 0 Å². The molecule has 0 bridgehead atoms. The maximum Gasteiger partial charge on any atom is 0.283 e. The molecule has 0 radical (unpaired) electrons. The molecule has 0 amide bonds. The Balaban J connectivity index is 3.59. The van der Waals surface area contributed by atoms with Crippen LogP contribution in [0.3, 0.4) is 0 Å². The van der Waals surface area contributed by atoms with Crippen molar-refractivity contribution < 1.29 is 17.5 Å². The van der Waals surface area contributed by atoms with E-state index in [0.29, 0.717) is 6.42 Å².